The second-order valence-electron chi connectivity index (χ2n) is 7.07. The lowest BCUT2D eigenvalue weighted by molar-refractivity contribution is -0.137. The first-order valence-electron chi connectivity index (χ1n) is 8.15. The Bertz CT molecular complexity index is 1070. The Labute approximate surface area is 162 Å². The van der Waals surface area contributed by atoms with Crippen LogP contribution in [0.5, 0.6) is 0 Å². The van der Waals surface area contributed by atoms with Gasteiger partial charge in [0.2, 0.25) is 0 Å². The number of halogens is 5. The summed E-state index contributed by atoms with van der Waals surface area (Å²) in [5, 5.41) is 0.404. The van der Waals surface area contributed by atoms with Crippen molar-refractivity contribution >= 4 is 28.6 Å². The van der Waals surface area contributed by atoms with Crippen molar-refractivity contribution in [2.45, 2.75) is 32.5 Å². The predicted molar refractivity (Wildman–Crippen MR) is 96.2 cm³/mol. The van der Waals surface area contributed by atoms with Crippen LogP contribution in [0.2, 0.25) is 5.15 Å². The molecule has 28 heavy (non-hydrogen) atoms. The number of fused-ring (bicyclic) bond motifs is 1. The number of carbonyl (C=O) groups is 1. The quantitative estimate of drug-likeness (QED) is 0.303. The molecule has 0 radical (unpaired) electrons. The third kappa shape index (κ3) is 3.96. The maximum absolute atomic E-state index is 13.6. The maximum atomic E-state index is 13.6. The van der Waals surface area contributed by atoms with E-state index in [0.29, 0.717) is 11.5 Å². The van der Waals surface area contributed by atoms with Gasteiger partial charge in [-0.3, -0.25) is 4.57 Å². The lowest BCUT2D eigenvalue weighted by Crippen LogP contribution is -2.25. The molecule has 2 heterocycles. The molecule has 148 valence electrons. The van der Waals surface area contributed by atoms with Gasteiger partial charge in [0.05, 0.1) is 11.3 Å². The highest BCUT2D eigenvalue weighted by Gasteiger charge is 2.36. The van der Waals surface area contributed by atoms with Crippen LogP contribution in [0.15, 0.2) is 36.4 Å². The van der Waals surface area contributed by atoms with Gasteiger partial charge >= 0.3 is 12.1 Å². The fraction of sp³-hybridized carbons (Fsp3) is 0.263. The molecule has 3 rings (SSSR count). The van der Waals surface area contributed by atoms with Crippen molar-refractivity contribution in [2.24, 2.45) is 0 Å². The molecule has 3 aromatic rings. The normalized spacial score (nSPS) is 12.4. The van der Waals surface area contributed by atoms with E-state index in [1.54, 1.807) is 20.8 Å². The predicted octanol–water partition coefficient (Wildman–Crippen LogP) is 5.79. The van der Waals surface area contributed by atoms with E-state index >= 15 is 0 Å². The molecule has 0 bridgehead atoms. The molecule has 0 aliphatic heterocycles. The lowest BCUT2D eigenvalue weighted by atomic mass is 10.1. The van der Waals surface area contributed by atoms with Crippen molar-refractivity contribution in [3.05, 3.63) is 58.6 Å². The molecule has 2 aromatic heterocycles. The van der Waals surface area contributed by atoms with E-state index in [2.05, 4.69) is 4.98 Å². The summed E-state index contributed by atoms with van der Waals surface area (Å²) in [6.45, 7) is 4.89. The highest BCUT2D eigenvalue weighted by atomic mass is 35.5. The van der Waals surface area contributed by atoms with Crippen LogP contribution in [-0.4, -0.2) is 21.1 Å². The molecule has 0 atom stereocenters. The summed E-state index contributed by atoms with van der Waals surface area (Å²) in [5.74, 6) is -1.91. The second kappa shape index (κ2) is 6.77. The number of pyridine rings is 1. The lowest BCUT2D eigenvalue weighted by Gasteiger charge is -2.21. The number of esters is 1. The van der Waals surface area contributed by atoms with Crippen LogP contribution >= 0.6 is 11.6 Å². The number of rotatable bonds is 2. The Morgan fingerprint density at radius 1 is 1.11 bits per heavy atom. The smallest absolute Gasteiger partial charge is 0.418 e. The van der Waals surface area contributed by atoms with Crippen molar-refractivity contribution < 1.29 is 27.1 Å². The number of hydrogen-bond acceptors (Lipinski definition) is 3. The largest absolute Gasteiger partial charge is 0.455 e. The molecule has 0 spiro atoms. The van der Waals surface area contributed by atoms with Crippen molar-refractivity contribution in [1.82, 2.24) is 9.55 Å². The van der Waals surface area contributed by atoms with E-state index in [4.69, 9.17) is 16.3 Å². The monoisotopic (exact) mass is 414 g/mol. The maximum Gasteiger partial charge on any atom is 0.418 e. The van der Waals surface area contributed by atoms with Crippen LogP contribution in [0.3, 0.4) is 0 Å². The molecular formula is C19H15ClF4N2O2. The van der Waals surface area contributed by atoms with Gasteiger partial charge in [0, 0.05) is 5.39 Å². The van der Waals surface area contributed by atoms with Gasteiger partial charge in [-0.1, -0.05) is 11.6 Å². The fourth-order valence-corrected chi connectivity index (χ4v) is 2.85. The van der Waals surface area contributed by atoms with Crippen LogP contribution in [0.1, 0.15) is 36.8 Å². The third-order valence-corrected chi connectivity index (χ3v) is 3.94. The number of ether oxygens (including phenoxy) is 1. The van der Waals surface area contributed by atoms with E-state index in [9.17, 15) is 22.4 Å². The van der Waals surface area contributed by atoms with Crippen LogP contribution in [-0.2, 0) is 10.9 Å². The summed E-state index contributed by atoms with van der Waals surface area (Å²) in [6.07, 6.45) is -4.86. The summed E-state index contributed by atoms with van der Waals surface area (Å²) in [7, 11) is 0. The van der Waals surface area contributed by atoms with E-state index in [1.807, 2.05) is 0 Å². The molecule has 0 aliphatic carbocycles. The topological polar surface area (TPSA) is 44.1 Å². The molecule has 9 heteroatoms. The van der Waals surface area contributed by atoms with Gasteiger partial charge in [-0.05, 0) is 57.2 Å². The van der Waals surface area contributed by atoms with E-state index in [0.717, 1.165) is 16.7 Å². The first-order chi connectivity index (χ1) is 12.9. The van der Waals surface area contributed by atoms with Crippen LogP contribution in [0.25, 0.3) is 16.7 Å². The Kier molecular flexibility index (Phi) is 4.87. The number of benzene rings is 1. The molecule has 0 fully saturated rings. The zero-order chi connectivity index (χ0) is 20.9. The Hall–Kier alpha value is -2.61. The average molecular weight is 415 g/mol. The number of aromatic nitrogens is 2. The van der Waals surface area contributed by atoms with Gasteiger partial charge in [-0.25, -0.2) is 14.2 Å². The minimum Gasteiger partial charge on any atom is -0.455 e. The van der Waals surface area contributed by atoms with Crippen LogP contribution < -0.4 is 0 Å². The minimum atomic E-state index is -4.86. The molecule has 0 saturated carbocycles. The van der Waals surface area contributed by atoms with E-state index < -0.39 is 34.8 Å². The summed E-state index contributed by atoms with van der Waals surface area (Å²) in [5.41, 5.74) is -2.75. The Morgan fingerprint density at radius 3 is 2.39 bits per heavy atom. The van der Waals surface area contributed by atoms with Crippen molar-refractivity contribution in [2.75, 3.05) is 0 Å². The molecule has 0 unspecified atom stereocenters. The molecule has 0 N–H and O–H groups in total. The fourth-order valence-electron chi connectivity index (χ4n) is 2.71. The van der Waals surface area contributed by atoms with Gasteiger partial charge in [0.15, 0.2) is 0 Å². The molecule has 0 amide bonds. The number of alkyl halides is 3. The third-order valence-electron chi connectivity index (χ3n) is 3.73. The summed E-state index contributed by atoms with van der Waals surface area (Å²) < 4.78 is 60.5. The van der Waals surface area contributed by atoms with Crippen molar-refractivity contribution in [1.29, 1.82) is 0 Å². The van der Waals surface area contributed by atoms with Crippen molar-refractivity contribution in [3.8, 4) is 5.69 Å². The average Bonchev–Trinajstić information content (AvgIpc) is 2.91. The zero-order valence-electron chi connectivity index (χ0n) is 15.1. The zero-order valence-corrected chi connectivity index (χ0v) is 15.8. The van der Waals surface area contributed by atoms with E-state index in [1.165, 1.54) is 18.2 Å². The van der Waals surface area contributed by atoms with Crippen LogP contribution in [0.4, 0.5) is 17.6 Å². The van der Waals surface area contributed by atoms with Gasteiger partial charge in [-0.2, -0.15) is 13.2 Å². The molecular weight excluding hydrogens is 400 g/mol. The SMILES string of the molecule is CC(C)(C)OC(=O)c1cc2ccc(Cl)nc2n1-c1ccc(F)cc1C(F)(F)F. The number of carbonyl (C=O) groups excluding carboxylic acids is 1. The standard InChI is InChI=1S/C19H15ClF4N2O2/c1-18(2,3)28-17(27)14-8-10-4-7-15(20)25-16(10)26(14)13-6-5-11(21)9-12(13)19(22,23)24/h4-9H,1-3H3. The molecule has 0 aliphatic rings. The molecule has 0 saturated heterocycles. The molecule has 1 aromatic carbocycles. The van der Waals surface area contributed by atoms with E-state index in [-0.39, 0.29) is 16.5 Å². The minimum absolute atomic E-state index is 0.0190. The van der Waals surface area contributed by atoms with Gasteiger partial charge in [-0.15, -0.1) is 0 Å². The first kappa shape index (κ1) is 20.1. The highest BCUT2D eigenvalue weighted by molar-refractivity contribution is 6.29. The van der Waals surface area contributed by atoms with Gasteiger partial charge in [0.25, 0.3) is 0 Å². The molecule has 4 nitrogen and oxygen atoms in total. The van der Waals surface area contributed by atoms with Gasteiger partial charge in [0.1, 0.15) is 27.9 Å². The number of hydrogen-bond donors (Lipinski definition) is 0. The highest BCUT2D eigenvalue weighted by Crippen LogP contribution is 2.37. The summed E-state index contributed by atoms with van der Waals surface area (Å²) in [6, 6.07) is 6.50. The van der Waals surface area contributed by atoms with Crippen LogP contribution in [0, 0.1) is 5.82 Å². The summed E-state index contributed by atoms with van der Waals surface area (Å²) in [4.78, 5) is 16.7. The Balaban J connectivity index is 2.36. The summed E-state index contributed by atoms with van der Waals surface area (Å²) >= 11 is 5.91. The first-order valence-corrected chi connectivity index (χ1v) is 8.53. The second-order valence-corrected chi connectivity index (χ2v) is 7.46. The van der Waals surface area contributed by atoms with Gasteiger partial charge < -0.3 is 4.74 Å². The Morgan fingerprint density at radius 2 is 1.79 bits per heavy atom. The van der Waals surface area contributed by atoms with Crippen molar-refractivity contribution in [3.63, 3.8) is 0 Å². The number of nitrogens with zero attached hydrogens (tertiary/aromatic N) is 2.